The molecule has 3 amide bonds. The van der Waals surface area contributed by atoms with Gasteiger partial charge in [0.25, 0.3) is 0 Å². The number of rotatable bonds is 14. The molecule has 2 atom stereocenters. The molecule has 0 radical (unpaired) electrons. The van der Waals surface area contributed by atoms with E-state index in [1.54, 1.807) is 14.2 Å². The van der Waals surface area contributed by atoms with E-state index < -0.39 is 0 Å². The quantitative estimate of drug-likeness (QED) is 0.385. The third-order valence-electron chi connectivity index (χ3n) is 4.69. The van der Waals surface area contributed by atoms with Gasteiger partial charge in [0.15, 0.2) is 0 Å². The van der Waals surface area contributed by atoms with Crippen molar-refractivity contribution in [2.75, 3.05) is 33.9 Å². The Morgan fingerprint density at radius 3 is 2.22 bits per heavy atom. The Morgan fingerprint density at radius 1 is 0.926 bits per heavy atom. The summed E-state index contributed by atoms with van der Waals surface area (Å²) in [4.78, 5) is 34.6. The first kappa shape index (κ1) is 23.4. The van der Waals surface area contributed by atoms with Crippen LogP contribution in [-0.2, 0) is 23.9 Å². The summed E-state index contributed by atoms with van der Waals surface area (Å²) < 4.78 is 10.8. The van der Waals surface area contributed by atoms with Gasteiger partial charge in [-0.15, -0.1) is 0 Å². The average Bonchev–Trinajstić information content (AvgIpc) is 3.13. The zero-order valence-electron chi connectivity index (χ0n) is 16.7. The summed E-state index contributed by atoms with van der Waals surface area (Å²) in [6.07, 6.45) is 6.23. The van der Waals surface area contributed by atoms with Crippen LogP contribution in [0, 0.1) is 0 Å². The topological polar surface area (TPSA) is 106 Å². The molecule has 0 aliphatic carbocycles. The molecule has 3 N–H and O–H groups in total. The molecular formula is C19H35N3O5. The lowest BCUT2D eigenvalue weighted by molar-refractivity contribution is -0.123. The van der Waals surface area contributed by atoms with Crippen molar-refractivity contribution in [2.24, 2.45) is 0 Å². The second-order valence-electron chi connectivity index (χ2n) is 6.82. The van der Waals surface area contributed by atoms with E-state index in [1.807, 2.05) is 0 Å². The molecule has 0 saturated carbocycles. The molecule has 2 unspecified atom stereocenters. The Balaban J connectivity index is 1.93. The molecule has 1 fully saturated rings. The van der Waals surface area contributed by atoms with E-state index in [1.165, 1.54) is 0 Å². The standard InChI is InChI=1S/C19H35N3O5/c1-20-17(23)8-4-3-7-12-21-18(24)9-5-6-10-19(25)22-14-16-15(26-2)11-13-27-16/h15-16H,3-14H2,1-2H3,(H,20,23)(H,21,24)(H,22,25). The molecule has 0 bridgehead atoms. The zero-order chi connectivity index (χ0) is 19.9. The monoisotopic (exact) mass is 385 g/mol. The lowest BCUT2D eigenvalue weighted by Crippen LogP contribution is -2.37. The number of hydrogen-bond donors (Lipinski definition) is 3. The fourth-order valence-corrected chi connectivity index (χ4v) is 2.99. The van der Waals surface area contributed by atoms with Crippen molar-refractivity contribution in [1.29, 1.82) is 0 Å². The number of methoxy groups -OCH3 is 1. The van der Waals surface area contributed by atoms with Crippen molar-refractivity contribution >= 4 is 17.7 Å². The summed E-state index contributed by atoms with van der Waals surface area (Å²) in [5.74, 6) is 0.0539. The molecule has 1 saturated heterocycles. The van der Waals surface area contributed by atoms with Gasteiger partial charge in [0.1, 0.15) is 6.10 Å². The Labute approximate surface area is 162 Å². The molecule has 1 rings (SSSR count). The number of carbonyl (C=O) groups excluding carboxylic acids is 3. The van der Waals surface area contributed by atoms with Gasteiger partial charge in [0.05, 0.1) is 6.10 Å². The van der Waals surface area contributed by atoms with Crippen LogP contribution in [0.25, 0.3) is 0 Å². The predicted octanol–water partition coefficient (Wildman–Crippen LogP) is 0.890. The highest BCUT2D eigenvalue weighted by Gasteiger charge is 2.28. The molecule has 1 heterocycles. The summed E-state index contributed by atoms with van der Waals surface area (Å²) >= 11 is 0. The van der Waals surface area contributed by atoms with Crippen LogP contribution in [-0.4, -0.2) is 63.8 Å². The highest BCUT2D eigenvalue weighted by atomic mass is 16.5. The summed E-state index contributed by atoms with van der Waals surface area (Å²) in [6, 6.07) is 0. The van der Waals surface area contributed by atoms with Gasteiger partial charge < -0.3 is 25.4 Å². The van der Waals surface area contributed by atoms with Gasteiger partial charge in [0, 0.05) is 53.1 Å². The number of amides is 3. The molecule has 156 valence electrons. The van der Waals surface area contributed by atoms with Gasteiger partial charge in [-0.25, -0.2) is 0 Å². The molecule has 0 aromatic carbocycles. The van der Waals surface area contributed by atoms with E-state index in [2.05, 4.69) is 16.0 Å². The summed E-state index contributed by atoms with van der Waals surface area (Å²) in [5, 5.41) is 8.33. The SMILES string of the molecule is CNC(=O)CCCCCNC(=O)CCCCC(=O)NCC1OCCC1OC. The first-order valence-electron chi connectivity index (χ1n) is 9.95. The molecule has 0 aromatic rings. The minimum Gasteiger partial charge on any atom is -0.379 e. The van der Waals surface area contributed by atoms with Gasteiger partial charge in [-0.1, -0.05) is 6.42 Å². The number of hydrogen-bond acceptors (Lipinski definition) is 5. The van der Waals surface area contributed by atoms with E-state index in [-0.39, 0.29) is 29.9 Å². The lowest BCUT2D eigenvalue weighted by Gasteiger charge is -2.17. The molecule has 0 spiro atoms. The highest BCUT2D eigenvalue weighted by Crippen LogP contribution is 2.15. The zero-order valence-corrected chi connectivity index (χ0v) is 16.7. The second-order valence-corrected chi connectivity index (χ2v) is 6.82. The van der Waals surface area contributed by atoms with Crippen LogP contribution in [0.3, 0.4) is 0 Å². The normalized spacial score (nSPS) is 18.9. The van der Waals surface area contributed by atoms with Crippen molar-refractivity contribution < 1.29 is 23.9 Å². The van der Waals surface area contributed by atoms with Gasteiger partial charge in [-0.3, -0.25) is 14.4 Å². The molecule has 1 aliphatic heterocycles. The fraction of sp³-hybridized carbons (Fsp3) is 0.842. The Hall–Kier alpha value is -1.67. The van der Waals surface area contributed by atoms with Crippen LogP contribution in [0.15, 0.2) is 0 Å². The fourth-order valence-electron chi connectivity index (χ4n) is 2.99. The molecule has 0 aromatic heterocycles. The van der Waals surface area contributed by atoms with Gasteiger partial charge in [-0.2, -0.15) is 0 Å². The largest absolute Gasteiger partial charge is 0.379 e. The Kier molecular flexibility index (Phi) is 12.5. The van der Waals surface area contributed by atoms with Crippen LogP contribution in [0.1, 0.15) is 57.8 Å². The van der Waals surface area contributed by atoms with Crippen LogP contribution in [0.4, 0.5) is 0 Å². The van der Waals surface area contributed by atoms with Gasteiger partial charge >= 0.3 is 0 Å². The Morgan fingerprint density at radius 2 is 1.56 bits per heavy atom. The number of carbonyl (C=O) groups is 3. The van der Waals surface area contributed by atoms with Crippen molar-refractivity contribution in [3.05, 3.63) is 0 Å². The highest BCUT2D eigenvalue weighted by molar-refractivity contribution is 5.77. The maximum atomic E-state index is 11.8. The number of nitrogens with one attached hydrogen (secondary N) is 3. The maximum absolute atomic E-state index is 11.8. The maximum Gasteiger partial charge on any atom is 0.220 e. The number of ether oxygens (including phenoxy) is 2. The number of unbranched alkanes of at least 4 members (excludes halogenated alkanes) is 3. The van der Waals surface area contributed by atoms with E-state index in [0.717, 1.165) is 25.7 Å². The third-order valence-corrected chi connectivity index (χ3v) is 4.69. The molecule has 27 heavy (non-hydrogen) atoms. The summed E-state index contributed by atoms with van der Waals surface area (Å²) in [6.45, 7) is 1.77. The molecule has 1 aliphatic rings. The summed E-state index contributed by atoms with van der Waals surface area (Å²) in [5.41, 5.74) is 0. The second kappa shape index (κ2) is 14.4. The van der Waals surface area contributed by atoms with Crippen molar-refractivity contribution in [1.82, 2.24) is 16.0 Å². The van der Waals surface area contributed by atoms with E-state index in [0.29, 0.717) is 51.8 Å². The molecule has 8 heteroatoms. The lowest BCUT2D eigenvalue weighted by atomic mass is 10.1. The van der Waals surface area contributed by atoms with E-state index in [9.17, 15) is 14.4 Å². The summed E-state index contributed by atoms with van der Waals surface area (Å²) in [7, 11) is 3.29. The van der Waals surface area contributed by atoms with Crippen LogP contribution in [0.5, 0.6) is 0 Å². The van der Waals surface area contributed by atoms with Crippen LogP contribution < -0.4 is 16.0 Å². The first-order valence-corrected chi connectivity index (χ1v) is 9.95. The van der Waals surface area contributed by atoms with Crippen molar-refractivity contribution in [3.63, 3.8) is 0 Å². The predicted molar refractivity (Wildman–Crippen MR) is 102 cm³/mol. The van der Waals surface area contributed by atoms with E-state index in [4.69, 9.17) is 9.47 Å². The molecule has 8 nitrogen and oxygen atoms in total. The smallest absolute Gasteiger partial charge is 0.220 e. The first-order chi connectivity index (χ1) is 13.1. The van der Waals surface area contributed by atoms with Crippen LogP contribution >= 0.6 is 0 Å². The van der Waals surface area contributed by atoms with Gasteiger partial charge in [0.2, 0.25) is 17.7 Å². The van der Waals surface area contributed by atoms with E-state index >= 15 is 0 Å². The van der Waals surface area contributed by atoms with Gasteiger partial charge in [-0.05, 0) is 32.1 Å². The third kappa shape index (κ3) is 10.9. The minimum atomic E-state index is -0.0684. The Bertz CT molecular complexity index is 459. The van der Waals surface area contributed by atoms with Crippen molar-refractivity contribution in [2.45, 2.75) is 70.0 Å². The minimum absolute atomic E-state index is 0.0168. The molecular weight excluding hydrogens is 350 g/mol. The average molecular weight is 386 g/mol. The van der Waals surface area contributed by atoms with Crippen LogP contribution in [0.2, 0.25) is 0 Å². The van der Waals surface area contributed by atoms with Crippen molar-refractivity contribution in [3.8, 4) is 0 Å².